The van der Waals surface area contributed by atoms with Gasteiger partial charge >= 0.3 is 5.97 Å². The van der Waals surface area contributed by atoms with Gasteiger partial charge in [0.2, 0.25) is 5.16 Å². The van der Waals surface area contributed by atoms with Crippen molar-refractivity contribution < 1.29 is 13.9 Å². The molecule has 0 aliphatic heterocycles. The van der Waals surface area contributed by atoms with Crippen LogP contribution in [0.2, 0.25) is 0 Å². The molecule has 0 aliphatic carbocycles. The van der Waals surface area contributed by atoms with Gasteiger partial charge in [-0.1, -0.05) is 11.8 Å². The maximum Gasteiger partial charge on any atom is 0.316 e. The lowest BCUT2D eigenvalue weighted by Gasteiger charge is -1.98. The number of esters is 1. The molecular weight excluding hydrogens is 280 g/mol. The molecule has 3 rings (SSSR count). The fourth-order valence-corrected chi connectivity index (χ4v) is 2.28. The van der Waals surface area contributed by atoms with E-state index in [9.17, 15) is 4.79 Å². The molecule has 0 saturated heterocycles. The first-order valence-corrected chi connectivity index (χ1v) is 6.72. The Morgan fingerprint density at radius 2 is 2.40 bits per heavy atom. The second-order valence-electron chi connectivity index (χ2n) is 3.78. The number of methoxy groups -OCH3 is 1. The highest BCUT2D eigenvalue weighted by Gasteiger charge is 2.13. The molecule has 20 heavy (non-hydrogen) atoms. The average Bonchev–Trinajstić information content (AvgIpc) is 3.12. The minimum atomic E-state index is -0.326. The van der Waals surface area contributed by atoms with E-state index in [4.69, 9.17) is 4.42 Å². The quantitative estimate of drug-likeness (QED) is 0.533. The van der Waals surface area contributed by atoms with Crippen molar-refractivity contribution in [2.24, 2.45) is 0 Å². The Labute approximate surface area is 118 Å². The first kappa shape index (κ1) is 12.7. The Hall–Kier alpha value is -2.35. The normalized spacial score (nSPS) is 10.8. The third-order valence-corrected chi connectivity index (χ3v) is 3.35. The smallest absolute Gasteiger partial charge is 0.316 e. The largest absolute Gasteiger partial charge is 0.468 e. The van der Waals surface area contributed by atoms with Crippen molar-refractivity contribution in [1.29, 1.82) is 0 Å². The molecule has 3 heterocycles. The van der Waals surface area contributed by atoms with Gasteiger partial charge in [0.25, 0.3) is 5.78 Å². The molecule has 3 aromatic heterocycles. The van der Waals surface area contributed by atoms with E-state index in [-0.39, 0.29) is 11.7 Å². The molecule has 3 aromatic rings. The van der Waals surface area contributed by atoms with Crippen molar-refractivity contribution in [3.63, 3.8) is 0 Å². The number of carbonyl (C=O) groups is 1. The SMILES string of the molecule is COC(=O)CSc1nc2nccc(-c3ccco3)n2n1. The molecule has 0 amide bonds. The number of hydrogen-bond donors (Lipinski definition) is 0. The second-order valence-corrected chi connectivity index (χ2v) is 4.72. The van der Waals surface area contributed by atoms with Gasteiger partial charge in [0.05, 0.1) is 19.1 Å². The summed E-state index contributed by atoms with van der Waals surface area (Å²) >= 11 is 1.20. The standard InChI is InChI=1S/C12H10N4O3S/c1-18-10(17)7-20-12-14-11-13-5-4-8(16(11)15-12)9-3-2-6-19-9/h2-6H,7H2,1H3. The molecule has 0 aliphatic rings. The maximum absolute atomic E-state index is 11.1. The van der Waals surface area contributed by atoms with Gasteiger partial charge in [-0.25, -0.2) is 4.98 Å². The van der Waals surface area contributed by atoms with E-state index in [1.807, 2.05) is 6.07 Å². The van der Waals surface area contributed by atoms with E-state index >= 15 is 0 Å². The van der Waals surface area contributed by atoms with Crippen molar-refractivity contribution in [3.05, 3.63) is 30.7 Å². The lowest BCUT2D eigenvalue weighted by Crippen LogP contribution is -2.03. The predicted octanol–water partition coefficient (Wildman–Crippen LogP) is 1.65. The zero-order valence-corrected chi connectivity index (χ0v) is 11.3. The van der Waals surface area contributed by atoms with Gasteiger partial charge in [-0.15, -0.1) is 5.10 Å². The highest BCUT2D eigenvalue weighted by Crippen LogP contribution is 2.21. The molecule has 0 atom stereocenters. The Bertz CT molecular complexity index is 738. The summed E-state index contributed by atoms with van der Waals surface area (Å²) in [5, 5.41) is 4.77. The minimum Gasteiger partial charge on any atom is -0.468 e. The van der Waals surface area contributed by atoms with Gasteiger partial charge < -0.3 is 9.15 Å². The number of ether oxygens (including phenoxy) is 1. The van der Waals surface area contributed by atoms with Gasteiger partial charge in [-0.05, 0) is 18.2 Å². The van der Waals surface area contributed by atoms with Gasteiger partial charge in [0.1, 0.15) is 5.69 Å². The van der Waals surface area contributed by atoms with Crippen LogP contribution in [0.15, 0.2) is 40.2 Å². The molecular formula is C12H10N4O3S. The molecule has 0 saturated carbocycles. The number of hydrogen-bond acceptors (Lipinski definition) is 7. The highest BCUT2D eigenvalue weighted by molar-refractivity contribution is 7.99. The van der Waals surface area contributed by atoms with E-state index in [2.05, 4.69) is 19.8 Å². The van der Waals surface area contributed by atoms with Crippen LogP contribution in [0.4, 0.5) is 0 Å². The summed E-state index contributed by atoms with van der Waals surface area (Å²) in [6.45, 7) is 0. The van der Waals surface area contributed by atoms with Crippen molar-refractivity contribution in [2.45, 2.75) is 5.16 Å². The monoisotopic (exact) mass is 290 g/mol. The fraction of sp³-hybridized carbons (Fsp3) is 0.167. The van der Waals surface area contributed by atoms with Crippen LogP contribution in [0.5, 0.6) is 0 Å². The van der Waals surface area contributed by atoms with Crippen molar-refractivity contribution in [3.8, 4) is 11.5 Å². The zero-order valence-electron chi connectivity index (χ0n) is 10.5. The number of rotatable bonds is 4. The molecule has 0 bridgehead atoms. The average molecular weight is 290 g/mol. The van der Waals surface area contributed by atoms with E-state index in [0.29, 0.717) is 16.7 Å². The van der Waals surface area contributed by atoms with Crippen LogP contribution in [0.1, 0.15) is 0 Å². The summed E-state index contributed by atoms with van der Waals surface area (Å²) in [7, 11) is 1.34. The van der Waals surface area contributed by atoms with Gasteiger partial charge in [-0.2, -0.15) is 9.50 Å². The molecule has 7 nitrogen and oxygen atoms in total. The van der Waals surface area contributed by atoms with Gasteiger partial charge in [0.15, 0.2) is 5.76 Å². The van der Waals surface area contributed by atoms with Crippen LogP contribution in [-0.2, 0) is 9.53 Å². The predicted molar refractivity (Wildman–Crippen MR) is 71.2 cm³/mol. The topological polar surface area (TPSA) is 82.5 Å². The molecule has 0 fully saturated rings. The number of thioether (sulfide) groups is 1. The molecule has 102 valence electrons. The molecule has 0 aromatic carbocycles. The van der Waals surface area contributed by atoms with Crippen molar-refractivity contribution in [2.75, 3.05) is 12.9 Å². The van der Waals surface area contributed by atoms with Crippen LogP contribution < -0.4 is 0 Å². The third kappa shape index (κ3) is 2.37. The van der Waals surface area contributed by atoms with E-state index in [0.717, 1.165) is 5.69 Å². The summed E-state index contributed by atoms with van der Waals surface area (Å²) in [5.41, 5.74) is 0.748. The molecule has 0 N–H and O–H groups in total. The first-order chi connectivity index (χ1) is 9.78. The van der Waals surface area contributed by atoms with Crippen LogP contribution in [0, 0.1) is 0 Å². The number of fused-ring (bicyclic) bond motifs is 1. The summed E-state index contributed by atoms with van der Waals surface area (Å²) in [5.74, 6) is 0.954. The zero-order chi connectivity index (χ0) is 13.9. The van der Waals surface area contributed by atoms with Crippen LogP contribution >= 0.6 is 11.8 Å². The number of nitrogens with zero attached hydrogens (tertiary/aromatic N) is 4. The minimum absolute atomic E-state index is 0.156. The van der Waals surface area contributed by atoms with Gasteiger partial charge in [0, 0.05) is 6.20 Å². The highest BCUT2D eigenvalue weighted by atomic mass is 32.2. The lowest BCUT2D eigenvalue weighted by molar-refractivity contribution is -0.137. The Morgan fingerprint density at radius 1 is 1.50 bits per heavy atom. The van der Waals surface area contributed by atoms with E-state index in [1.54, 1.807) is 29.1 Å². The number of aromatic nitrogens is 4. The second kappa shape index (κ2) is 5.33. The maximum atomic E-state index is 11.1. The van der Waals surface area contributed by atoms with Crippen LogP contribution in [0.3, 0.4) is 0 Å². The van der Waals surface area contributed by atoms with Gasteiger partial charge in [-0.3, -0.25) is 4.79 Å². The Morgan fingerprint density at radius 3 is 3.15 bits per heavy atom. The first-order valence-electron chi connectivity index (χ1n) is 5.73. The molecule has 0 radical (unpaired) electrons. The summed E-state index contributed by atoms with van der Waals surface area (Å²) in [4.78, 5) is 19.5. The third-order valence-electron chi connectivity index (χ3n) is 2.54. The molecule has 8 heteroatoms. The Balaban J connectivity index is 1.95. The summed E-state index contributed by atoms with van der Waals surface area (Å²) in [6, 6.07) is 5.42. The van der Waals surface area contributed by atoms with E-state index in [1.165, 1.54) is 18.9 Å². The summed E-state index contributed by atoms with van der Waals surface area (Å²) in [6.07, 6.45) is 3.22. The van der Waals surface area contributed by atoms with Crippen LogP contribution in [0.25, 0.3) is 17.2 Å². The Kier molecular flexibility index (Phi) is 3.38. The fourth-order valence-electron chi connectivity index (χ4n) is 1.63. The summed E-state index contributed by atoms with van der Waals surface area (Å²) < 4.78 is 11.5. The molecule has 0 unspecified atom stereocenters. The number of furan rings is 1. The van der Waals surface area contributed by atoms with Crippen molar-refractivity contribution >= 4 is 23.5 Å². The number of carbonyl (C=O) groups excluding carboxylic acids is 1. The lowest BCUT2D eigenvalue weighted by atomic mass is 10.3. The van der Waals surface area contributed by atoms with E-state index < -0.39 is 0 Å². The van der Waals surface area contributed by atoms with Crippen LogP contribution in [-0.4, -0.2) is 38.4 Å². The van der Waals surface area contributed by atoms with Crippen molar-refractivity contribution in [1.82, 2.24) is 19.6 Å². The molecule has 0 spiro atoms.